The van der Waals surface area contributed by atoms with Crippen molar-refractivity contribution in [3.63, 3.8) is 0 Å². The zero-order valence-electron chi connectivity index (χ0n) is 19.6. The Hall–Kier alpha value is -0.970. The lowest BCUT2D eigenvalue weighted by Gasteiger charge is -2.48. The van der Waals surface area contributed by atoms with Crippen molar-refractivity contribution in [2.45, 2.75) is 96.5 Å². The summed E-state index contributed by atoms with van der Waals surface area (Å²) in [4.78, 5) is 14.1. The smallest absolute Gasteiger partial charge is 0.163 e. The minimum absolute atomic E-state index is 0.0653. The van der Waals surface area contributed by atoms with Gasteiger partial charge in [-0.25, -0.2) is 0 Å². The SMILES string of the molecule is CC1=C2C(=O)[C@H]3[C@@H](CC=C4C[C@@H](O)CC[C@]43C)[C@H]2CC[C@]12O[C@@H]1C[C@H](C)CN[C@H]1[C@H]2C. The molecule has 170 valence electrons. The normalized spacial score (nSPS) is 53.7. The van der Waals surface area contributed by atoms with E-state index in [4.69, 9.17) is 4.74 Å². The van der Waals surface area contributed by atoms with Gasteiger partial charge in [-0.05, 0) is 87.2 Å². The standard InChI is InChI=1S/C27H39NO3/c1-14-11-21-24(28-13-14)16(3)27(31-21)10-8-19-20-6-5-17-12-18(29)7-9-26(17,4)23(20)25(30)22(19)15(27)2/h5,14,16,18-21,23-24,28-29H,6-13H2,1-4H3/t14-,16+,18-,19+,20-,21+,23+,24-,26+,27-/m0/s1. The number of carbonyl (C=O) groups is 1. The van der Waals surface area contributed by atoms with E-state index in [0.29, 0.717) is 35.5 Å². The van der Waals surface area contributed by atoms with E-state index in [1.165, 1.54) is 11.1 Å². The van der Waals surface area contributed by atoms with Crippen molar-refractivity contribution in [1.82, 2.24) is 5.32 Å². The van der Waals surface area contributed by atoms with Gasteiger partial charge >= 0.3 is 0 Å². The lowest BCUT2D eigenvalue weighted by molar-refractivity contribution is -0.123. The lowest BCUT2D eigenvalue weighted by Crippen LogP contribution is -2.49. The summed E-state index contributed by atoms with van der Waals surface area (Å²) in [5.74, 6) is 2.41. The zero-order chi connectivity index (χ0) is 21.7. The number of aliphatic hydroxyl groups excluding tert-OH is 1. The summed E-state index contributed by atoms with van der Waals surface area (Å²) in [6.45, 7) is 10.3. The van der Waals surface area contributed by atoms with E-state index < -0.39 is 0 Å². The minimum Gasteiger partial charge on any atom is -0.393 e. The van der Waals surface area contributed by atoms with Gasteiger partial charge in [-0.15, -0.1) is 0 Å². The molecule has 0 amide bonds. The number of Topliss-reactive ketones (excluding diaryl/α,β-unsaturated/α-hetero) is 1. The highest BCUT2D eigenvalue weighted by atomic mass is 16.5. The van der Waals surface area contributed by atoms with Crippen LogP contribution >= 0.6 is 0 Å². The van der Waals surface area contributed by atoms with Gasteiger partial charge in [0, 0.05) is 23.5 Å². The molecule has 0 aromatic heterocycles. The van der Waals surface area contributed by atoms with Gasteiger partial charge in [-0.1, -0.05) is 32.4 Å². The maximum Gasteiger partial charge on any atom is 0.163 e. The Kier molecular flexibility index (Phi) is 4.51. The van der Waals surface area contributed by atoms with Gasteiger partial charge in [0.05, 0.1) is 17.8 Å². The summed E-state index contributed by atoms with van der Waals surface area (Å²) in [6, 6.07) is 0.410. The summed E-state index contributed by atoms with van der Waals surface area (Å²) in [7, 11) is 0. The van der Waals surface area contributed by atoms with Crippen LogP contribution in [-0.4, -0.2) is 41.3 Å². The second-order valence-corrected chi connectivity index (χ2v) is 12.1. The van der Waals surface area contributed by atoms with Crippen LogP contribution in [0.15, 0.2) is 22.8 Å². The van der Waals surface area contributed by atoms with Crippen molar-refractivity contribution in [1.29, 1.82) is 0 Å². The fourth-order valence-corrected chi connectivity index (χ4v) is 8.93. The van der Waals surface area contributed by atoms with Crippen LogP contribution in [0.1, 0.15) is 72.6 Å². The van der Waals surface area contributed by atoms with E-state index >= 15 is 0 Å². The molecule has 0 aromatic carbocycles. The van der Waals surface area contributed by atoms with Crippen LogP contribution in [0.3, 0.4) is 0 Å². The minimum atomic E-state index is -0.263. The molecule has 6 aliphatic rings. The van der Waals surface area contributed by atoms with E-state index in [1.54, 1.807) is 0 Å². The van der Waals surface area contributed by atoms with E-state index in [9.17, 15) is 9.90 Å². The molecule has 2 N–H and O–H groups in total. The van der Waals surface area contributed by atoms with Crippen LogP contribution in [0.2, 0.25) is 0 Å². The third kappa shape index (κ3) is 2.62. The van der Waals surface area contributed by atoms with E-state index in [-0.39, 0.29) is 29.1 Å². The van der Waals surface area contributed by atoms with Gasteiger partial charge in [0.2, 0.25) is 0 Å². The average Bonchev–Trinajstić information content (AvgIpc) is 3.18. The number of aliphatic hydroxyl groups is 1. The molecule has 0 aromatic rings. The third-order valence-corrected chi connectivity index (χ3v) is 10.6. The maximum absolute atomic E-state index is 14.1. The molecular formula is C27H39NO3. The molecule has 2 heterocycles. The Bertz CT molecular complexity index is 876. The monoisotopic (exact) mass is 425 g/mol. The molecule has 4 nitrogen and oxygen atoms in total. The first-order valence-corrected chi connectivity index (χ1v) is 12.8. The number of hydrogen-bond donors (Lipinski definition) is 2. The lowest BCUT2D eigenvalue weighted by atomic mass is 9.56. The quantitative estimate of drug-likeness (QED) is 0.572. The predicted octanol–water partition coefficient (Wildman–Crippen LogP) is 4.18. The number of hydrogen-bond acceptors (Lipinski definition) is 4. The number of carbonyl (C=O) groups excluding carboxylic acids is 1. The van der Waals surface area contributed by atoms with Crippen molar-refractivity contribution < 1.29 is 14.6 Å². The van der Waals surface area contributed by atoms with Crippen molar-refractivity contribution in [2.24, 2.45) is 35.0 Å². The van der Waals surface area contributed by atoms with Crippen LogP contribution in [0, 0.1) is 35.0 Å². The highest BCUT2D eigenvalue weighted by Gasteiger charge is 2.63. The summed E-state index contributed by atoms with van der Waals surface area (Å²) >= 11 is 0. The van der Waals surface area contributed by atoms with E-state index in [2.05, 4.69) is 39.1 Å². The van der Waals surface area contributed by atoms with Crippen LogP contribution < -0.4 is 5.32 Å². The molecule has 31 heavy (non-hydrogen) atoms. The molecule has 1 spiro atoms. The fourth-order valence-electron chi connectivity index (χ4n) is 8.93. The van der Waals surface area contributed by atoms with Crippen molar-refractivity contribution in [3.8, 4) is 0 Å². The fraction of sp³-hybridized carbons (Fsp3) is 0.815. The molecule has 2 aliphatic heterocycles. The molecule has 4 heteroatoms. The van der Waals surface area contributed by atoms with Crippen LogP contribution in [-0.2, 0) is 9.53 Å². The van der Waals surface area contributed by atoms with Gasteiger partial charge < -0.3 is 15.2 Å². The van der Waals surface area contributed by atoms with Gasteiger partial charge in [0.15, 0.2) is 5.78 Å². The third-order valence-electron chi connectivity index (χ3n) is 10.6. The van der Waals surface area contributed by atoms with Gasteiger partial charge in [-0.2, -0.15) is 0 Å². The second-order valence-electron chi connectivity index (χ2n) is 12.1. The van der Waals surface area contributed by atoms with Crippen molar-refractivity contribution >= 4 is 5.78 Å². The van der Waals surface area contributed by atoms with Crippen molar-refractivity contribution in [2.75, 3.05) is 6.54 Å². The topological polar surface area (TPSA) is 58.6 Å². The summed E-state index contributed by atoms with van der Waals surface area (Å²) in [6.07, 6.45) is 9.23. The molecular weight excluding hydrogens is 386 g/mol. The van der Waals surface area contributed by atoms with Gasteiger partial charge in [0.25, 0.3) is 0 Å². The first kappa shape index (κ1) is 20.6. The highest BCUT2D eigenvalue weighted by molar-refractivity contribution is 6.02. The Balaban J connectivity index is 1.39. The number of ketones is 1. The Morgan fingerprint density at radius 1 is 1.23 bits per heavy atom. The molecule has 0 radical (unpaired) electrons. The molecule has 4 fully saturated rings. The Labute approximate surface area is 186 Å². The molecule has 2 saturated carbocycles. The summed E-state index contributed by atoms with van der Waals surface area (Å²) in [5.41, 5.74) is 3.43. The van der Waals surface area contributed by atoms with E-state index in [1.807, 2.05) is 0 Å². The maximum atomic E-state index is 14.1. The predicted molar refractivity (Wildman–Crippen MR) is 120 cm³/mol. The Morgan fingerprint density at radius 2 is 2.03 bits per heavy atom. The van der Waals surface area contributed by atoms with Gasteiger partial charge in [0.1, 0.15) is 0 Å². The molecule has 6 rings (SSSR count). The number of ether oxygens (including phenoxy) is 1. The molecule has 0 bridgehead atoms. The zero-order valence-corrected chi connectivity index (χ0v) is 19.6. The number of piperidine rings is 1. The van der Waals surface area contributed by atoms with Crippen LogP contribution in [0.5, 0.6) is 0 Å². The Morgan fingerprint density at radius 3 is 2.84 bits per heavy atom. The molecule has 4 aliphatic carbocycles. The van der Waals surface area contributed by atoms with Gasteiger partial charge in [-0.3, -0.25) is 4.79 Å². The summed E-state index contributed by atoms with van der Waals surface area (Å²) < 4.78 is 6.93. The van der Waals surface area contributed by atoms with E-state index in [0.717, 1.165) is 57.1 Å². The largest absolute Gasteiger partial charge is 0.393 e. The number of fused-ring (bicyclic) bond motifs is 6. The first-order chi connectivity index (χ1) is 14.8. The van der Waals surface area contributed by atoms with Crippen LogP contribution in [0.25, 0.3) is 0 Å². The number of rotatable bonds is 0. The molecule has 0 unspecified atom stereocenters. The number of nitrogens with one attached hydrogen (secondary N) is 1. The average molecular weight is 426 g/mol. The second kappa shape index (κ2) is 6.77. The molecule has 2 saturated heterocycles. The first-order valence-electron chi connectivity index (χ1n) is 12.8. The highest BCUT2D eigenvalue weighted by Crippen LogP contribution is 2.63. The number of allylic oxidation sites excluding steroid dienone is 2. The summed E-state index contributed by atoms with van der Waals surface area (Å²) in [5, 5.41) is 14.0. The molecule has 10 atom stereocenters. The van der Waals surface area contributed by atoms with Crippen molar-refractivity contribution in [3.05, 3.63) is 22.8 Å². The van der Waals surface area contributed by atoms with Crippen LogP contribution in [0.4, 0.5) is 0 Å².